The summed E-state index contributed by atoms with van der Waals surface area (Å²) in [4.78, 5) is 2.50. The van der Waals surface area contributed by atoms with Gasteiger partial charge in [-0.15, -0.1) is 0 Å². The molecule has 4 heteroatoms. The molecular formula is C26H29NO3. The van der Waals surface area contributed by atoms with E-state index in [4.69, 9.17) is 14.2 Å². The van der Waals surface area contributed by atoms with Gasteiger partial charge in [0.05, 0.1) is 6.61 Å². The molecule has 0 amide bonds. The van der Waals surface area contributed by atoms with E-state index in [1.807, 2.05) is 13.0 Å². The average molecular weight is 404 g/mol. The van der Waals surface area contributed by atoms with Crippen molar-refractivity contribution in [2.45, 2.75) is 33.4 Å². The van der Waals surface area contributed by atoms with Gasteiger partial charge in [-0.2, -0.15) is 0 Å². The van der Waals surface area contributed by atoms with Crippen molar-refractivity contribution in [2.24, 2.45) is 0 Å². The minimum Gasteiger partial charge on any atom is -0.494 e. The maximum atomic E-state index is 5.58. The zero-order valence-corrected chi connectivity index (χ0v) is 17.8. The highest BCUT2D eigenvalue weighted by molar-refractivity contribution is 5.44. The number of fused-ring (bicyclic) bond motifs is 1. The predicted molar refractivity (Wildman–Crippen MR) is 119 cm³/mol. The van der Waals surface area contributed by atoms with Crippen LogP contribution in [0, 0.1) is 6.92 Å². The van der Waals surface area contributed by atoms with Crippen molar-refractivity contribution in [3.63, 3.8) is 0 Å². The largest absolute Gasteiger partial charge is 0.494 e. The highest BCUT2D eigenvalue weighted by Gasteiger charge is 2.14. The lowest BCUT2D eigenvalue weighted by Crippen LogP contribution is -2.25. The molecule has 0 N–H and O–H groups in total. The molecule has 0 bridgehead atoms. The monoisotopic (exact) mass is 403 g/mol. The molecule has 0 atom stereocenters. The molecule has 0 unspecified atom stereocenters. The third-order valence-corrected chi connectivity index (χ3v) is 5.45. The Kier molecular flexibility index (Phi) is 6.55. The molecule has 1 aliphatic heterocycles. The van der Waals surface area contributed by atoms with Crippen LogP contribution >= 0.6 is 0 Å². The average Bonchev–Trinajstić information content (AvgIpc) is 3.23. The van der Waals surface area contributed by atoms with Gasteiger partial charge in [0.2, 0.25) is 6.79 Å². The first-order chi connectivity index (χ1) is 14.7. The van der Waals surface area contributed by atoms with E-state index >= 15 is 0 Å². The highest BCUT2D eigenvalue weighted by atomic mass is 16.7. The van der Waals surface area contributed by atoms with Gasteiger partial charge in [0, 0.05) is 19.6 Å². The Morgan fingerprint density at radius 1 is 0.867 bits per heavy atom. The van der Waals surface area contributed by atoms with Crippen molar-refractivity contribution in [3.05, 3.63) is 89.0 Å². The van der Waals surface area contributed by atoms with Crippen molar-refractivity contribution in [3.8, 4) is 17.2 Å². The van der Waals surface area contributed by atoms with E-state index in [9.17, 15) is 0 Å². The van der Waals surface area contributed by atoms with Gasteiger partial charge in [-0.25, -0.2) is 0 Å². The summed E-state index contributed by atoms with van der Waals surface area (Å²) in [5.74, 6) is 2.61. The van der Waals surface area contributed by atoms with Crippen molar-refractivity contribution in [2.75, 3.05) is 19.9 Å². The number of hydrogen-bond donors (Lipinski definition) is 0. The summed E-state index contributed by atoms with van der Waals surface area (Å²) in [7, 11) is 0. The van der Waals surface area contributed by atoms with Crippen LogP contribution in [-0.2, 0) is 19.5 Å². The van der Waals surface area contributed by atoms with Crippen LogP contribution in [0.25, 0.3) is 0 Å². The molecule has 1 heterocycles. The van der Waals surface area contributed by atoms with Crippen LogP contribution in [0.2, 0.25) is 0 Å². The standard InChI is InChI=1S/C26H29NO3/c1-3-28-24-11-8-22(9-12-24)17-27(18-23-7-5-4-6-20(23)2)15-14-21-10-13-25-26(16-21)30-19-29-25/h4-13,16H,3,14-15,17-19H2,1-2H3. The van der Waals surface area contributed by atoms with Gasteiger partial charge in [-0.1, -0.05) is 42.5 Å². The zero-order valence-electron chi connectivity index (χ0n) is 17.8. The Balaban J connectivity index is 1.47. The van der Waals surface area contributed by atoms with E-state index in [-0.39, 0.29) is 0 Å². The molecule has 3 aromatic carbocycles. The van der Waals surface area contributed by atoms with Gasteiger partial charge in [0.15, 0.2) is 11.5 Å². The van der Waals surface area contributed by atoms with E-state index < -0.39 is 0 Å². The summed E-state index contributed by atoms with van der Waals surface area (Å²) in [5, 5.41) is 0. The highest BCUT2D eigenvalue weighted by Crippen LogP contribution is 2.32. The molecule has 156 valence electrons. The number of rotatable bonds is 9. The van der Waals surface area contributed by atoms with E-state index in [0.717, 1.165) is 43.3 Å². The molecule has 0 aromatic heterocycles. The molecule has 0 aliphatic carbocycles. The molecule has 0 saturated heterocycles. The zero-order chi connectivity index (χ0) is 20.8. The predicted octanol–water partition coefficient (Wildman–Crippen LogP) is 5.37. The molecule has 3 aromatic rings. The second-order valence-corrected chi connectivity index (χ2v) is 7.65. The van der Waals surface area contributed by atoms with E-state index in [1.165, 1.54) is 22.3 Å². The van der Waals surface area contributed by atoms with E-state index in [1.54, 1.807) is 0 Å². The third kappa shape index (κ3) is 5.14. The van der Waals surface area contributed by atoms with Crippen molar-refractivity contribution >= 4 is 0 Å². The maximum Gasteiger partial charge on any atom is 0.231 e. The first kappa shape index (κ1) is 20.3. The summed E-state index contributed by atoms with van der Waals surface area (Å²) < 4.78 is 16.6. The summed E-state index contributed by atoms with van der Waals surface area (Å²) in [6.45, 7) is 7.97. The van der Waals surface area contributed by atoms with Gasteiger partial charge < -0.3 is 14.2 Å². The molecule has 0 spiro atoms. The Morgan fingerprint density at radius 2 is 1.63 bits per heavy atom. The van der Waals surface area contributed by atoms with Gasteiger partial charge >= 0.3 is 0 Å². The second-order valence-electron chi connectivity index (χ2n) is 7.65. The normalized spacial score (nSPS) is 12.4. The van der Waals surface area contributed by atoms with Crippen molar-refractivity contribution in [1.82, 2.24) is 4.90 Å². The number of benzene rings is 3. The number of nitrogens with zero attached hydrogens (tertiary/aromatic N) is 1. The topological polar surface area (TPSA) is 30.9 Å². The Hall–Kier alpha value is -2.98. The molecule has 0 saturated carbocycles. The SMILES string of the molecule is CCOc1ccc(CN(CCc2ccc3c(c2)OCO3)Cc2ccccc2C)cc1. The lowest BCUT2D eigenvalue weighted by molar-refractivity contribution is 0.174. The van der Waals surface area contributed by atoms with Crippen molar-refractivity contribution < 1.29 is 14.2 Å². The van der Waals surface area contributed by atoms with Crippen molar-refractivity contribution in [1.29, 1.82) is 0 Å². The minimum atomic E-state index is 0.315. The molecule has 1 aliphatic rings. The molecule has 4 rings (SSSR count). The Labute approximate surface area is 179 Å². The lowest BCUT2D eigenvalue weighted by Gasteiger charge is -2.24. The van der Waals surface area contributed by atoms with Crippen LogP contribution in [0.15, 0.2) is 66.7 Å². The summed E-state index contributed by atoms with van der Waals surface area (Å²) in [5.41, 5.74) is 5.25. The molecule has 0 radical (unpaired) electrons. The Bertz CT molecular complexity index is 968. The number of hydrogen-bond acceptors (Lipinski definition) is 4. The molecular weight excluding hydrogens is 374 g/mol. The fraction of sp³-hybridized carbons (Fsp3) is 0.308. The molecule has 0 fully saturated rings. The van der Waals surface area contributed by atoms with Gasteiger partial charge in [0.25, 0.3) is 0 Å². The van der Waals surface area contributed by atoms with E-state index in [0.29, 0.717) is 13.4 Å². The van der Waals surface area contributed by atoms with Gasteiger partial charge in [-0.05, 0) is 66.8 Å². The smallest absolute Gasteiger partial charge is 0.231 e. The summed E-state index contributed by atoms with van der Waals surface area (Å²) >= 11 is 0. The molecule has 4 nitrogen and oxygen atoms in total. The van der Waals surface area contributed by atoms with E-state index in [2.05, 4.69) is 72.5 Å². The first-order valence-electron chi connectivity index (χ1n) is 10.6. The maximum absolute atomic E-state index is 5.58. The van der Waals surface area contributed by atoms with Crippen LogP contribution in [0.5, 0.6) is 17.2 Å². The first-order valence-corrected chi connectivity index (χ1v) is 10.6. The second kappa shape index (κ2) is 9.68. The van der Waals surface area contributed by atoms with Crippen LogP contribution in [0.1, 0.15) is 29.2 Å². The molecule has 30 heavy (non-hydrogen) atoms. The lowest BCUT2D eigenvalue weighted by atomic mass is 10.1. The third-order valence-electron chi connectivity index (χ3n) is 5.45. The summed E-state index contributed by atoms with van der Waals surface area (Å²) in [6.07, 6.45) is 0.958. The fourth-order valence-electron chi connectivity index (χ4n) is 3.74. The van der Waals surface area contributed by atoms with Gasteiger partial charge in [-0.3, -0.25) is 4.90 Å². The quantitative estimate of drug-likeness (QED) is 0.481. The van der Waals surface area contributed by atoms with Crippen LogP contribution in [0.4, 0.5) is 0 Å². The Morgan fingerprint density at radius 3 is 2.43 bits per heavy atom. The van der Waals surface area contributed by atoms with Gasteiger partial charge in [0.1, 0.15) is 5.75 Å². The van der Waals surface area contributed by atoms with Crippen LogP contribution in [0.3, 0.4) is 0 Å². The van der Waals surface area contributed by atoms with Crippen LogP contribution < -0.4 is 14.2 Å². The minimum absolute atomic E-state index is 0.315. The number of aryl methyl sites for hydroxylation is 1. The summed E-state index contributed by atoms with van der Waals surface area (Å²) in [6, 6.07) is 23.3. The van der Waals surface area contributed by atoms with Crippen LogP contribution in [-0.4, -0.2) is 24.8 Å². The fourth-order valence-corrected chi connectivity index (χ4v) is 3.74. The number of ether oxygens (including phenoxy) is 3.